The zero-order chi connectivity index (χ0) is 17.0. The fraction of sp³-hybridized carbons (Fsp3) is 0.812. The molecule has 0 fully saturated rings. The predicted molar refractivity (Wildman–Crippen MR) is 81.7 cm³/mol. The van der Waals surface area contributed by atoms with Crippen molar-refractivity contribution < 1.29 is 29.7 Å². The van der Waals surface area contributed by atoms with Crippen molar-refractivity contribution in [3.8, 4) is 0 Å². The molecule has 0 aliphatic rings. The second-order valence-corrected chi connectivity index (χ2v) is 5.87. The van der Waals surface area contributed by atoms with Gasteiger partial charge in [-0.2, -0.15) is 0 Å². The molecule has 6 heteroatoms. The Morgan fingerprint density at radius 3 is 1.45 bits per heavy atom. The van der Waals surface area contributed by atoms with Gasteiger partial charge in [0.1, 0.15) is 0 Å². The van der Waals surface area contributed by atoms with E-state index >= 15 is 0 Å². The summed E-state index contributed by atoms with van der Waals surface area (Å²) in [6, 6.07) is 0. The van der Waals surface area contributed by atoms with Crippen LogP contribution in [0.1, 0.15) is 71.1 Å². The van der Waals surface area contributed by atoms with E-state index in [2.05, 4.69) is 0 Å². The molecule has 0 aromatic rings. The molecule has 128 valence electrons. The Balaban J connectivity index is 4.02. The summed E-state index contributed by atoms with van der Waals surface area (Å²) in [5, 5.41) is 26.3. The summed E-state index contributed by atoms with van der Waals surface area (Å²) >= 11 is 0. The molecule has 0 aliphatic heterocycles. The van der Waals surface area contributed by atoms with Crippen LogP contribution >= 0.6 is 0 Å². The van der Waals surface area contributed by atoms with E-state index in [4.69, 9.17) is 15.3 Å². The molecule has 0 bridgehead atoms. The van der Waals surface area contributed by atoms with Crippen molar-refractivity contribution in [2.75, 3.05) is 0 Å². The first-order valence-electron chi connectivity index (χ1n) is 8.01. The Hall–Kier alpha value is -1.59. The number of rotatable bonds is 14. The second kappa shape index (κ2) is 12.0. The van der Waals surface area contributed by atoms with Crippen molar-refractivity contribution >= 4 is 17.9 Å². The van der Waals surface area contributed by atoms with Gasteiger partial charge >= 0.3 is 17.9 Å². The molecule has 0 rings (SSSR count). The molecule has 0 aromatic heterocycles. The first-order valence-corrected chi connectivity index (χ1v) is 8.01. The van der Waals surface area contributed by atoms with Crippen LogP contribution in [0.2, 0.25) is 0 Å². The van der Waals surface area contributed by atoms with Crippen molar-refractivity contribution in [1.29, 1.82) is 0 Å². The number of carboxylic acid groups (broad SMARTS) is 3. The van der Waals surface area contributed by atoms with Crippen LogP contribution in [0.5, 0.6) is 0 Å². The van der Waals surface area contributed by atoms with Crippen molar-refractivity contribution in [1.82, 2.24) is 0 Å². The average molecular weight is 316 g/mol. The molecule has 0 saturated carbocycles. The lowest BCUT2D eigenvalue weighted by molar-refractivity contribution is -0.143. The number of carboxylic acids is 3. The van der Waals surface area contributed by atoms with E-state index in [1.807, 2.05) is 0 Å². The average Bonchev–Trinajstić information content (AvgIpc) is 2.42. The van der Waals surface area contributed by atoms with Crippen molar-refractivity contribution in [3.05, 3.63) is 0 Å². The van der Waals surface area contributed by atoms with E-state index in [0.717, 1.165) is 38.5 Å². The summed E-state index contributed by atoms with van der Waals surface area (Å²) in [5.74, 6) is -2.74. The molecular weight excluding hydrogens is 288 g/mol. The summed E-state index contributed by atoms with van der Waals surface area (Å²) in [5.41, 5.74) is 0. The van der Waals surface area contributed by atoms with E-state index in [9.17, 15) is 14.4 Å². The molecule has 1 atom stereocenters. The standard InChI is InChI=1S/C16H28O6/c1-12(16(21)22)13(8-4-2-6-10-14(17)18)9-5-3-7-11-15(19)20/h12-13H,2-11H2,1H3,(H,17,18)(H,19,20)(H,21,22). The van der Waals surface area contributed by atoms with Crippen LogP contribution in [0.3, 0.4) is 0 Å². The third kappa shape index (κ3) is 11.1. The predicted octanol–water partition coefficient (Wildman–Crippen LogP) is 3.39. The topological polar surface area (TPSA) is 112 Å². The summed E-state index contributed by atoms with van der Waals surface area (Å²) in [6.45, 7) is 1.71. The molecule has 1 unspecified atom stereocenters. The van der Waals surface area contributed by atoms with Crippen LogP contribution in [0, 0.1) is 11.8 Å². The van der Waals surface area contributed by atoms with Gasteiger partial charge in [-0.1, -0.05) is 32.6 Å². The zero-order valence-electron chi connectivity index (χ0n) is 13.3. The van der Waals surface area contributed by atoms with E-state index < -0.39 is 23.8 Å². The van der Waals surface area contributed by atoms with E-state index in [1.54, 1.807) is 6.92 Å². The Morgan fingerprint density at radius 1 is 0.727 bits per heavy atom. The highest BCUT2D eigenvalue weighted by atomic mass is 16.4. The Bertz CT molecular complexity index is 329. The Morgan fingerprint density at radius 2 is 1.14 bits per heavy atom. The van der Waals surface area contributed by atoms with Gasteiger partial charge in [0, 0.05) is 12.8 Å². The number of hydrogen-bond donors (Lipinski definition) is 3. The lowest BCUT2D eigenvalue weighted by Gasteiger charge is -2.20. The van der Waals surface area contributed by atoms with Gasteiger partial charge in [-0.05, 0) is 31.6 Å². The summed E-state index contributed by atoms with van der Waals surface area (Å²) < 4.78 is 0. The van der Waals surface area contributed by atoms with Crippen molar-refractivity contribution in [3.63, 3.8) is 0 Å². The quantitative estimate of drug-likeness (QED) is 0.423. The number of hydrogen-bond acceptors (Lipinski definition) is 3. The maximum absolute atomic E-state index is 11.1. The van der Waals surface area contributed by atoms with Gasteiger partial charge < -0.3 is 15.3 Å². The maximum Gasteiger partial charge on any atom is 0.306 e. The highest BCUT2D eigenvalue weighted by molar-refractivity contribution is 5.69. The second-order valence-electron chi connectivity index (χ2n) is 5.87. The number of carbonyl (C=O) groups is 3. The fourth-order valence-corrected chi connectivity index (χ4v) is 2.57. The highest BCUT2D eigenvalue weighted by Gasteiger charge is 2.22. The highest BCUT2D eigenvalue weighted by Crippen LogP contribution is 2.25. The molecule has 0 aromatic carbocycles. The monoisotopic (exact) mass is 316 g/mol. The van der Waals surface area contributed by atoms with E-state index in [-0.39, 0.29) is 18.8 Å². The van der Waals surface area contributed by atoms with Crippen LogP contribution in [0.4, 0.5) is 0 Å². The van der Waals surface area contributed by atoms with Crippen LogP contribution in [-0.2, 0) is 14.4 Å². The molecule has 0 radical (unpaired) electrons. The smallest absolute Gasteiger partial charge is 0.306 e. The first-order chi connectivity index (χ1) is 10.3. The zero-order valence-corrected chi connectivity index (χ0v) is 13.3. The number of unbranched alkanes of at least 4 members (excludes halogenated alkanes) is 4. The van der Waals surface area contributed by atoms with E-state index in [1.165, 1.54) is 0 Å². The van der Waals surface area contributed by atoms with Gasteiger partial charge in [-0.15, -0.1) is 0 Å². The van der Waals surface area contributed by atoms with E-state index in [0.29, 0.717) is 12.8 Å². The van der Waals surface area contributed by atoms with Gasteiger partial charge in [-0.3, -0.25) is 14.4 Å². The Labute approximate surface area is 131 Å². The minimum absolute atomic E-state index is 0.0761. The largest absolute Gasteiger partial charge is 0.481 e. The summed E-state index contributed by atoms with van der Waals surface area (Å²) in [6.07, 6.45) is 6.42. The SMILES string of the molecule is CC(C(=O)O)C(CCCCCC(=O)O)CCCCCC(=O)O. The molecule has 6 nitrogen and oxygen atoms in total. The minimum Gasteiger partial charge on any atom is -0.481 e. The molecule has 0 saturated heterocycles. The lowest BCUT2D eigenvalue weighted by atomic mass is 9.84. The summed E-state index contributed by atoms with van der Waals surface area (Å²) in [4.78, 5) is 32.0. The fourth-order valence-electron chi connectivity index (χ4n) is 2.57. The van der Waals surface area contributed by atoms with Gasteiger partial charge in [0.2, 0.25) is 0 Å². The van der Waals surface area contributed by atoms with Crippen LogP contribution in [-0.4, -0.2) is 33.2 Å². The van der Waals surface area contributed by atoms with Gasteiger partial charge in [0.25, 0.3) is 0 Å². The maximum atomic E-state index is 11.1. The summed E-state index contributed by atoms with van der Waals surface area (Å²) in [7, 11) is 0. The van der Waals surface area contributed by atoms with Crippen LogP contribution in [0.15, 0.2) is 0 Å². The van der Waals surface area contributed by atoms with Gasteiger partial charge in [-0.25, -0.2) is 0 Å². The molecule has 3 N–H and O–H groups in total. The van der Waals surface area contributed by atoms with Gasteiger partial charge in [0.15, 0.2) is 0 Å². The van der Waals surface area contributed by atoms with Gasteiger partial charge in [0.05, 0.1) is 5.92 Å². The molecule has 0 spiro atoms. The first kappa shape index (κ1) is 20.4. The van der Waals surface area contributed by atoms with Crippen LogP contribution < -0.4 is 0 Å². The van der Waals surface area contributed by atoms with Crippen molar-refractivity contribution in [2.45, 2.75) is 71.1 Å². The molecule has 0 aliphatic carbocycles. The van der Waals surface area contributed by atoms with Crippen LogP contribution in [0.25, 0.3) is 0 Å². The Kier molecular flexibility index (Phi) is 11.1. The normalized spacial score (nSPS) is 12.3. The third-order valence-corrected chi connectivity index (χ3v) is 4.03. The minimum atomic E-state index is -0.805. The number of aliphatic carboxylic acids is 3. The molecular formula is C16H28O6. The molecule has 22 heavy (non-hydrogen) atoms. The third-order valence-electron chi connectivity index (χ3n) is 4.03. The molecule has 0 amide bonds. The lowest BCUT2D eigenvalue weighted by Crippen LogP contribution is -2.20. The molecule has 0 heterocycles. The van der Waals surface area contributed by atoms with Crippen molar-refractivity contribution in [2.24, 2.45) is 11.8 Å².